The predicted octanol–water partition coefficient (Wildman–Crippen LogP) is 0.784. The number of hydrogen-bond donors (Lipinski definition) is 5. The molecule has 0 aliphatic carbocycles. The Kier molecular flexibility index (Phi) is 4.69. The van der Waals surface area contributed by atoms with Gasteiger partial charge in [0.05, 0.1) is 24.4 Å². The van der Waals surface area contributed by atoms with Gasteiger partial charge in [-0.3, -0.25) is 14.9 Å². The van der Waals surface area contributed by atoms with Crippen LogP contribution in [0.2, 0.25) is 0 Å². The highest BCUT2D eigenvalue weighted by atomic mass is 16.3. The third kappa shape index (κ3) is 3.67. The Balaban J connectivity index is 1.71. The summed E-state index contributed by atoms with van der Waals surface area (Å²) in [5.74, 6) is -0.420. The lowest BCUT2D eigenvalue weighted by Crippen LogP contribution is -2.34. The van der Waals surface area contributed by atoms with Gasteiger partial charge in [0, 0.05) is 29.5 Å². The zero-order chi connectivity index (χ0) is 16.9. The Morgan fingerprint density at radius 1 is 1.25 bits per heavy atom. The van der Waals surface area contributed by atoms with Crippen molar-refractivity contribution < 1.29 is 15.0 Å². The summed E-state index contributed by atoms with van der Waals surface area (Å²) in [6, 6.07) is 9.11. The highest BCUT2D eigenvalue weighted by molar-refractivity contribution is 5.93. The molecule has 3 aromatic rings. The molecule has 0 bridgehead atoms. The molecule has 2 aromatic heterocycles. The lowest BCUT2D eigenvalue weighted by atomic mass is 10.2. The summed E-state index contributed by atoms with van der Waals surface area (Å²) in [4.78, 5) is 16.0. The van der Waals surface area contributed by atoms with Gasteiger partial charge in [-0.15, -0.1) is 0 Å². The van der Waals surface area contributed by atoms with E-state index < -0.39 is 18.6 Å². The van der Waals surface area contributed by atoms with Crippen molar-refractivity contribution in [2.75, 3.05) is 18.5 Å². The molecule has 0 spiro atoms. The molecule has 124 valence electrons. The molecule has 1 amide bonds. The summed E-state index contributed by atoms with van der Waals surface area (Å²) >= 11 is 0. The number of nitrogens with zero attached hydrogens (tertiary/aromatic N) is 2. The van der Waals surface area contributed by atoms with Crippen LogP contribution in [-0.4, -0.2) is 50.6 Å². The fraction of sp³-hybridized carbons (Fsp3) is 0.188. The molecule has 0 saturated carbocycles. The minimum atomic E-state index is -0.989. The first-order chi connectivity index (χ1) is 11.7. The van der Waals surface area contributed by atoms with Crippen LogP contribution < -0.4 is 10.6 Å². The maximum Gasteiger partial charge on any atom is 0.270 e. The van der Waals surface area contributed by atoms with Gasteiger partial charge in [0.15, 0.2) is 0 Å². The van der Waals surface area contributed by atoms with E-state index in [1.54, 1.807) is 18.3 Å². The molecular weight excluding hydrogens is 310 g/mol. The number of amides is 1. The summed E-state index contributed by atoms with van der Waals surface area (Å²) in [5, 5.41) is 31.6. The summed E-state index contributed by atoms with van der Waals surface area (Å²) in [5.41, 5.74) is 2.73. The minimum Gasteiger partial charge on any atom is -0.394 e. The maximum absolute atomic E-state index is 12.0. The molecule has 5 N–H and O–H groups in total. The average Bonchev–Trinajstić information content (AvgIpc) is 3.07. The number of aliphatic hydroxyl groups excluding tert-OH is 2. The third-order valence-electron chi connectivity index (χ3n) is 3.43. The molecule has 0 aliphatic heterocycles. The quantitative estimate of drug-likeness (QED) is 0.456. The topological polar surface area (TPSA) is 123 Å². The molecule has 1 aromatic carbocycles. The Morgan fingerprint density at radius 3 is 2.92 bits per heavy atom. The molecule has 24 heavy (non-hydrogen) atoms. The molecular formula is C16H17N5O3. The van der Waals surface area contributed by atoms with Crippen LogP contribution in [0.4, 0.5) is 11.4 Å². The first-order valence-electron chi connectivity index (χ1n) is 7.39. The summed E-state index contributed by atoms with van der Waals surface area (Å²) < 4.78 is 0. The van der Waals surface area contributed by atoms with E-state index in [1.165, 1.54) is 6.20 Å². The summed E-state index contributed by atoms with van der Waals surface area (Å²) in [7, 11) is 0. The van der Waals surface area contributed by atoms with E-state index in [9.17, 15) is 9.90 Å². The molecule has 0 fully saturated rings. The van der Waals surface area contributed by atoms with Crippen molar-refractivity contribution >= 4 is 28.2 Å². The number of nitrogens with one attached hydrogen (secondary N) is 3. The number of pyridine rings is 1. The van der Waals surface area contributed by atoms with E-state index in [4.69, 9.17) is 5.11 Å². The van der Waals surface area contributed by atoms with Crippen LogP contribution in [0, 0.1) is 0 Å². The number of carbonyl (C=O) groups excluding carboxylic acids is 1. The van der Waals surface area contributed by atoms with Gasteiger partial charge in [-0.05, 0) is 30.3 Å². The van der Waals surface area contributed by atoms with E-state index in [2.05, 4.69) is 25.8 Å². The number of rotatable bonds is 6. The van der Waals surface area contributed by atoms with E-state index in [1.807, 2.05) is 18.2 Å². The Labute approximate surface area is 137 Å². The third-order valence-corrected chi connectivity index (χ3v) is 3.43. The van der Waals surface area contributed by atoms with Gasteiger partial charge < -0.3 is 20.8 Å². The minimum absolute atomic E-state index is 0.0359. The van der Waals surface area contributed by atoms with Crippen LogP contribution in [0.15, 0.2) is 42.7 Å². The predicted molar refractivity (Wildman–Crippen MR) is 89.0 cm³/mol. The molecule has 1 atom stereocenters. The highest BCUT2D eigenvalue weighted by Crippen LogP contribution is 2.21. The largest absolute Gasteiger partial charge is 0.394 e. The Bertz CT molecular complexity index is 848. The van der Waals surface area contributed by atoms with Crippen LogP contribution in [0.5, 0.6) is 0 Å². The van der Waals surface area contributed by atoms with Gasteiger partial charge >= 0.3 is 0 Å². The first kappa shape index (κ1) is 15.9. The van der Waals surface area contributed by atoms with Crippen molar-refractivity contribution in [2.45, 2.75) is 6.10 Å². The zero-order valence-corrected chi connectivity index (χ0v) is 12.7. The number of benzene rings is 1. The first-order valence-corrected chi connectivity index (χ1v) is 7.39. The number of H-pyrrole nitrogens is 1. The van der Waals surface area contributed by atoms with E-state index in [0.717, 1.165) is 16.6 Å². The van der Waals surface area contributed by atoms with Gasteiger partial charge in [-0.25, -0.2) is 0 Å². The van der Waals surface area contributed by atoms with Crippen LogP contribution in [-0.2, 0) is 0 Å². The van der Waals surface area contributed by atoms with Gasteiger partial charge in [-0.1, -0.05) is 0 Å². The Hall–Kier alpha value is -2.97. The normalized spacial score (nSPS) is 12.1. The van der Waals surface area contributed by atoms with Crippen molar-refractivity contribution in [1.82, 2.24) is 20.5 Å². The van der Waals surface area contributed by atoms with E-state index >= 15 is 0 Å². The fourth-order valence-corrected chi connectivity index (χ4v) is 2.19. The Morgan fingerprint density at radius 2 is 2.08 bits per heavy atom. The van der Waals surface area contributed by atoms with Gasteiger partial charge in [-0.2, -0.15) is 5.10 Å². The van der Waals surface area contributed by atoms with Crippen molar-refractivity contribution in [3.63, 3.8) is 0 Å². The van der Waals surface area contributed by atoms with Crippen molar-refractivity contribution in [1.29, 1.82) is 0 Å². The monoisotopic (exact) mass is 327 g/mol. The number of hydrogen-bond acceptors (Lipinski definition) is 6. The maximum atomic E-state index is 12.0. The highest BCUT2D eigenvalue weighted by Gasteiger charge is 2.10. The van der Waals surface area contributed by atoms with Crippen molar-refractivity contribution in [3.05, 3.63) is 48.4 Å². The van der Waals surface area contributed by atoms with Crippen LogP contribution in [0.25, 0.3) is 10.9 Å². The lowest BCUT2D eigenvalue weighted by molar-refractivity contribution is 0.0799. The number of anilines is 2. The molecule has 3 rings (SSSR count). The van der Waals surface area contributed by atoms with Crippen LogP contribution in [0.3, 0.4) is 0 Å². The fourth-order valence-electron chi connectivity index (χ4n) is 2.19. The standard InChI is InChI=1S/C16H17N5O3/c22-9-13(23)8-18-16(24)15-6-12(3-4-17-15)20-11-1-2-14-10(5-11)7-19-21-14/h1-7,13,22-23H,8-9H2,(H,17,20)(H,18,24)(H,19,21)/t13-/m0/s1. The number of aromatic nitrogens is 3. The zero-order valence-electron chi connectivity index (χ0n) is 12.7. The van der Waals surface area contributed by atoms with Crippen LogP contribution >= 0.6 is 0 Å². The number of fused-ring (bicyclic) bond motifs is 1. The van der Waals surface area contributed by atoms with Crippen molar-refractivity contribution in [2.24, 2.45) is 0 Å². The summed E-state index contributed by atoms with van der Waals surface area (Å²) in [6.45, 7) is -0.447. The van der Waals surface area contributed by atoms with Gasteiger partial charge in [0.25, 0.3) is 5.91 Å². The number of aliphatic hydroxyl groups is 2. The second-order valence-corrected chi connectivity index (χ2v) is 5.27. The second kappa shape index (κ2) is 7.07. The van der Waals surface area contributed by atoms with E-state index in [0.29, 0.717) is 5.69 Å². The smallest absolute Gasteiger partial charge is 0.270 e. The average molecular weight is 327 g/mol. The molecule has 0 saturated heterocycles. The van der Waals surface area contributed by atoms with Crippen molar-refractivity contribution in [3.8, 4) is 0 Å². The number of carbonyl (C=O) groups is 1. The molecule has 8 nitrogen and oxygen atoms in total. The lowest BCUT2D eigenvalue weighted by Gasteiger charge is -2.10. The van der Waals surface area contributed by atoms with Crippen LogP contribution in [0.1, 0.15) is 10.5 Å². The van der Waals surface area contributed by atoms with E-state index in [-0.39, 0.29) is 12.2 Å². The molecule has 2 heterocycles. The second-order valence-electron chi connectivity index (χ2n) is 5.27. The summed E-state index contributed by atoms with van der Waals surface area (Å²) in [6.07, 6.45) is 2.27. The number of aromatic amines is 1. The molecule has 0 unspecified atom stereocenters. The SMILES string of the molecule is O=C(NC[C@H](O)CO)c1cc(Nc2ccc3[nH]ncc3c2)ccn1. The molecule has 0 aliphatic rings. The van der Waals surface area contributed by atoms with Gasteiger partial charge in [0.2, 0.25) is 0 Å². The van der Waals surface area contributed by atoms with Gasteiger partial charge in [0.1, 0.15) is 5.69 Å². The molecule has 8 heteroatoms. The molecule has 0 radical (unpaired) electrons.